The summed E-state index contributed by atoms with van der Waals surface area (Å²) >= 11 is 0. The predicted octanol–water partition coefficient (Wildman–Crippen LogP) is 2.46. The van der Waals surface area contributed by atoms with E-state index in [4.69, 9.17) is 5.73 Å². The van der Waals surface area contributed by atoms with E-state index in [0.717, 1.165) is 12.1 Å². The molecule has 1 aromatic rings. The average molecular weight is 201 g/mol. The highest BCUT2D eigenvalue weighted by molar-refractivity contribution is 5.30. The highest BCUT2D eigenvalue weighted by Gasteiger charge is 2.24. The molecule has 0 fully saturated rings. The molecule has 0 aliphatic heterocycles. The van der Waals surface area contributed by atoms with Gasteiger partial charge in [-0.05, 0) is 13.0 Å². The molecule has 76 valence electrons. The van der Waals surface area contributed by atoms with Crippen molar-refractivity contribution in [1.29, 1.82) is 0 Å². The van der Waals surface area contributed by atoms with Gasteiger partial charge in [0.25, 0.3) is 0 Å². The van der Waals surface area contributed by atoms with Crippen LogP contribution in [0.15, 0.2) is 24.8 Å². The quantitative estimate of drug-likeness (QED) is 0.577. The molecule has 0 saturated heterocycles. The van der Waals surface area contributed by atoms with Gasteiger partial charge in [-0.3, -0.25) is 0 Å². The first-order valence-corrected chi connectivity index (χ1v) is 3.96. The lowest BCUT2D eigenvalue weighted by Gasteiger charge is -2.21. The molecular weight excluding hydrogens is 191 g/mol. The van der Waals surface area contributed by atoms with Gasteiger partial charge >= 0.3 is 0 Å². The summed E-state index contributed by atoms with van der Waals surface area (Å²) < 4.78 is 38.6. The summed E-state index contributed by atoms with van der Waals surface area (Å²) in [5, 5.41) is 0. The smallest absolute Gasteiger partial charge is 0.194 e. The molecule has 0 aliphatic rings. The molecule has 0 aromatic heterocycles. The van der Waals surface area contributed by atoms with Crippen LogP contribution in [0.5, 0.6) is 0 Å². The van der Waals surface area contributed by atoms with Crippen LogP contribution in [-0.2, 0) is 5.54 Å². The molecule has 4 heteroatoms. The summed E-state index contributed by atoms with van der Waals surface area (Å²) in [6.07, 6.45) is 1.27. The fourth-order valence-electron chi connectivity index (χ4n) is 1.05. The highest BCUT2D eigenvalue weighted by Crippen LogP contribution is 2.24. The van der Waals surface area contributed by atoms with Crippen molar-refractivity contribution >= 4 is 0 Å². The van der Waals surface area contributed by atoms with E-state index in [1.807, 2.05) is 0 Å². The predicted molar refractivity (Wildman–Crippen MR) is 48.1 cm³/mol. The lowest BCUT2D eigenvalue weighted by atomic mass is 9.93. The van der Waals surface area contributed by atoms with Crippen LogP contribution in [-0.4, -0.2) is 0 Å². The average Bonchev–Trinajstić information content (AvgIpc) is 2.14. The molecule has 2 N–H and O–H groups in total. The van der Waals surface area contributed by atoms with E-state index in [2.05, 4.69) is 6.58 Å². The van der Waals surface area contributed by atoms with Gasteiger partial charge in [-0.25, -0.2) is 13.2 Å². The second-order valence-corrected chi connectivity index (χ2v) is 3.21. The Hall–Kier alpha value is -1.29. The van der Waals surface area contributed by atoms with Crippen molar-refractivity contribution in [2.24, 2.45) is 5.73 Å². The zero-order valence-electron chi connectivity index (χ0n) is 7.65. The lowest BCUT2D eigenvalue weighted by Crippen LogP contribution is -2.31. The number of benzene rings is 1. The van der Waals surface area contributed by atoms with Crippen LogP contribution in [0.25, 0.3) is 0 Å². The van der Waals surface area contributed by atoms with E-state index in [1.54, 1.807) is 0 Å². The molecule has 1 unspecified atom stereocenters. The summed E-state index contributed by atoms with van der Waals surface area (Å²) in [5.74, 6) is -4.01. The minimum Gasteiger partial charge on any atom is -0.318 e. The third kappa shape index (κ3) is 1.65. The maximum atomic E-state index is 13.2. The molecule has 1 atom stereocenters. The van der Waals surface area contributed by atoms with E-state index in [9.17, 15) is 13.2 Å². The van der Waals surface area contributed by atoms with Crippen LogP contribution >= 0.6 is 0 Å². The van der Waals surface area contributed by atoms with Crippen molar-refractivity contribution in [2.45, 2.75) is 12.5 Å². The van der Waals surface area contributed by atoms with Gasteiger partial charge in [0, 0.05) is 5.56 Å². The zero-order chi connectivity index (χ0) is 10.9. The SMILES string of the molecule is C=CC(C)(N)c1ccc(F)c(F)c1F. The molecule has 1 aromatic carbocycles. The molecule has 0 spiro atoms. The Balaban J connectivity index is 3.38. The van der Waals surface area contributed by atoms with Crippen LogP contribution < -0.4 is 5.73 Å². The Kier molecular flexibility index (Phi) is 2.66. The second kappa shape index (κ2) is 3.46. The van der Waals surface area contributed by atoms with Gasteiger partial charge in [0.2, 0.25) is 0 Å². The maximum absolute atomic E-state index is 13.2. The largest absolute Gasteiger partial charge is 0.318 e. The normalized spacial score (nSPS) is 14.9. The molecule has 0 aliphatic carbocycles. The minimum atomic E-state index is -1.51. The van der Waals surface area contributed by atoms with Gasteiger partial charge in [0.05, 0.1) is 5.54 Å². The first-order chi connectivity index (χ1) is 6.40. The number of halogens is 3. The van der Waals surface area contributed by atoms with E-state index in [1.165, 1.54) is 13.0 Å². The zero-order valence-corrected chi connectivity index (χ0v) is 7.65. The topological polar surface area (TPSA) is 26.0 Å². The van der Waals surface area contributed by atoms with Crippen LogP contribution in [0.2, 0.25) is 0 Å². The summed E-state index contributed by atoms with van der Waals surface area (Å²) in [7, 11) is 0. The monoisotopic (exact) mass is 201 g/mol. The van der Waals surface area contributed by atoms with E-state index in [0.29, 0.717) is 0 Å². The summed E-state index contributed by atoms with van der Waals surface area (Å²) in [4.78, 5) is 0. The van der Waals surface area contributed by atoms with E-state index < -0.39 is 23.0 Å². The van der Waals surface area contributed by atoms with Crippen LogP contribution in [0.3, 0.4) is 0 Å². The lowest BCUT2D eigenvalue weighted by molar-refractivity contribution is 0.428. The van der Waals surface area contributed by atoms with Crippen LogP contribution in [0.4, 0.5) is 13.2 Å². The van der Waals surface area contributed by atoms with Gasteiger partial charge in [0.1, 0.15) is 0 Å². The second-order valence-electron chi connectivity index (χ2n) is 3.21. The molecule has 0 radical (unpaired) electrons. The highest BCUT2D eigenvalue weighted by atomic mass is 19.2. The molecule has 0 bridgehead atoms. The summed E-state index contributed by atoms with van der Waals surface area (Å²) in [6.45, 7) is 4.85. The maximum Gasteiger partial charge on any atom is 0.194 e. The van der Waals surface area contributed by atoms with E-state index in [-0.39, 0.29) is 5.56 Å². The number of rotatable bonds is 2. The third-order valence-electron chi connectivity index (χ3n) is 2.04. The molecule has 14 heavy (non-hydrogen) atoms. The molecule has 1 rings (SSSR count). The first kappa shape index (κ1) is 10.8. The van der Waals surface area contributed by atoms with Crippen molar-refractivity contribution < 1.29 is 13.2 Å². The fraction of sp³-hybridized carbons (Fsp3) is 0.200. The molecule has 0 amide bonds. The standard InChI is InChI=1S/C10H10F3N/c1-3-10(2,14)6-4-5-7(11)9(13)8(6)12/h3-5H,1,14H2,2H3. The van der Waals surface area contributed by atoms with Gasteiger partial charge in [-0.2, -0.15) is 0 Å². The summed E-state index contributed by atoms with van der Waals surface area (Å²) in [5.41, 5.74) is 4.28. The van der Waals surface area contributed by atoms with Crippen LogP contribution in [0, 0.1) is 17.5 Å². The van der Waals surface area contributed by atoms with Crippen molar-refractivity contribution in [3.63, 3.8) is 0 Å². The Morgan fingerprint density at radius 3 is 2.36 bits per heavy atom. The van der Waals surface area contributed by atoms with Gasteiger partial charge in [-0.1, -0.05) is 12.1 Å². The number of hydrogen-bond acceptors (Lipinski definition) is 1. The van der Waals surface area contributed by atoms with Gasteiger partial charge < -0.3 is 5.73 Å². The fourth-order valence-corrected chi connectivity index (χ4v) is 1.05. The Labute approximate surface area is 80.0 Å². The van der Waals surface area contributed by atoms with Crippen molar-refractivity contribution in [3.8, 4) is 0 Å². The van der Waals surface area contributed by atoms with Crippen molar-refractivity contribution in [1.82, 2.24) is 0 Å². The van der Waals surface area contributed by atoms with Crippen molar-refractivity contribution in [3.05, 3.63) is 47.8 Å². The molecule has 0 saturated carbocycles. The summed E-state index contributed by atoms with van der Waals surface area (Å²) in [6, 6.07) is 1.94. The molecule has 0 heterocycles. The number of nitrogens with two attached hydrogens (primary N) is 1. The third-order valence-corrected chi connectivity index (χ3v) is 2.04. The van der Waals surface area contributed by atoms with Crippen LogP contribution in [0.1, 0.15) is 12.5 Å². The first-order valence-electron chi connectivity index (χ1n) is 3.96. The number of hydrogen-bond donors (Lipinski definition) is 1. The Morgan fingerprint density at radius 2 is 1.86 bits per heavy atom. The Bertz CT molecular complexity index is 372. The van der Waals surface area contributed by atoms with Gasteiger partial charge in [-0.15, -0.1) is 6.58 Å². The molecular formula is C10H10F3N. The Morgan fingerprint density at radius 1 is 1.29 bits per heavy atom. The van der Waals surface area contributed by atoms with E-state index >= 15 is 0 Å². The van der Waals surface area contributed by atoms with Crippen molar-refractivity contribution in [2.75, 3.05) is 0 Å². The minimum absolute atomic E-state index is 0.119. The molecule has 1 nitrogen and oxygen atoms in total. The van der Waals surface area contributed by atoms with Gasteiger partial charge in [0.15, 0.2) is 17.5 Å².